The summed E-state index contributed by atoms with van der Waals surface area (Å²) >= 11 is 3.44. The van der Waals surface area contributed by atoms with E-state index < -0.39 is 17.7 Å². The molecule has 1 fully saturated rings. The van der Waals surface area contributed by atoms with Crippen molar-refractivity contribution in [1.82, 2.24) is 4.90 Å². The van der Waals surface area contributed by atoms with Crippen LogP contribution in [0.5, 0.6) is 5.75 Å². The third kappa shape index (κ3) is 4.06. The first-order chi connectivity index (χ1) is 13.9. The second-order valence-corrected chi connectivity index (χ2v) is 7.64. The number of amides is 1. The fraction of sp³-hybridized carbons (Fsp3) is 0.273. The normalized spacial score (nSPS) is 18.3. The van der Waals surface area contributed by atoms with Gasteiger partial charge < -0.3 is 19.5 Å². The van der Waals surface area contributed by atoms with Crippen molar-refractivity contribution in [1.29, 1.82) is 0 Å². The molecule has 0 saturated carbocycles. The van der Waals surface area contributed by atoms with Gasteiger partial charge >= 0.3 is 0 Å². The van der Waals surface area contributed by atoms with Gasteiger partial charge in [0.05, 0.1) is 25.3 Å². The van der Waals surface area contributed by atoms with E-state index in [9.17, 15) is 14.7 Å². The standard InChI is InChI=1S/C22H22BrNO5/c1-13-11-16(29-3)7-8-17(13)20(25)18-19(14-5-4-6-15(23)12-14)24(9-10-28-2)22(27)21(18)26/h4-8,11-12,19,25H,9-10H2,1-3H3/b20-18+/t19-/m0/s1. The summed E-state index contributed by atoms with van der Waals surface area (Å²) in [4.78, 5) is 27.1. The molecule has 0 radical (unpaired) electrons. The largest absolute Gasteiger partial charge is 0.507 e. The Bertz CT molecular complexity index is 985. The number of aliphatic hydroxyl groups is 1. The molecular weight excluding hydrogens is 438 g/mol. The number of methoxy groups -OCH3 is 2. The number of rotatable bonds is 6. The number of hydrogen-bond acceptors (Lipinski definition) is 5. The smallest absolute Gasteiger partial charge is 0.295 e. The van der Waals surface area contributed by atoms with Gasteiger partial charge in [0, 0.05) is 23.7 Å². The maximum atomic E-state index is 12.9. The number of halogens is 1. The minimum absolute atomic E-state index is 0.0671. The number of Topliss-reactive ketones (excluding diaryl/α,β-unsaturated/α-hetero) is 1. The van der Waals surface area contributed by atoms with Crippen molar-refractivity contribution >= 4 is 33.4 Å². The number of carbonyl (C=O) groups excluding carboxylic acids is 2. The molecule has 0 unspecified atom stereocenters. The Labute approximate surface area is 177 Å². The molecule has 0 aliphatic carbocycles. The molecule has 0 aromatic heterocycles. The molecule has 1 aliphatic rings. The second-order valence-electron chi connectivity index (χ2n) is 6.72. The van der Waals surface area contributed by atoms with E-state index in [2.05, 4.69) is 15.9 Å². The lowest BCUT2D eigenvalue weighted by Crippen LogP contribution is -2.32. The van der Waals surface area contributed by atoms with Crippen LogP contribution in [0.25, 0.3) is 5.76 Å². The number of ether oxygens (including phenoxy) is 2. The van der Waals surface area contributed by atoms with Gasteiger partial charge in [-0.1, -0.05) is 28.1 Å². The third-order valence-electron chi connectivity index (χ3n) is 4.93. The summed E-state index contributed by atoms with van der Waals surface area (Å²) in [6, 6.07) is 11.8. The maximum Gasteiger partial charge on any atom is 0.295 e. The van der Waals surface area contributed by atoms with Crippen LogP contribution in [0.3, 0.4) is 0 Å². The van der Waals surface area contributed by atoms with E-state index in [1.165, 1.54) is 12.0 Å². The highest BCUT2D eigenvalue weighted by molar-refractivity contribution is 9.10. The van der Waals surface area contributed by atoms with E-state index in [4.69, 9.17) is 9.47 Å². The molecule has 1 saturated heterocycles. The molecule has 1 aliphatic heterocycles. The Balaban J connectivity index is 2.19. The number of aryl methyl sites for hydroxylation is 1. The van der Waals surface area contributed by atoms with Crippen LogP contribution in [0.4, 0.5) is 0 Å². The number of ketones is 1. The predicted octanol–water partition coefficient (Wildman–Crippen LogP) is 3.83. The molecule has 2 aromatic rings. The summed E-state index contributed by atoms with van der Waals surface area (Å²) in [5.74, 6) is -0.921. The lowest BCUT2D eigenvalue weighted by atomic mass is 9.94. The second kappa shape index (κ2) is 8.80. The summed E-state index contributed by atoms with van der Waals surface area (Å²) in [6.07, 6.45) is 0. The Morgan fingerprint density at radius 1 is 1.17 bits per heavy atom. The zero-order chi connectivity index (χ0) is 21.1. The van der Waals surface area contributed by atoms with Gasteiger partial charge in [-0.15, -0.1) is 0 Å². The fourth-order valence-corrected chi connectivity index (χ4v) is 3.91. The highest BCUT2D eigenvalue weighted by Gasteiger charge is 2.46. The summed E-state index contributed by atoms with van der Waals surface area (Å²) in [6.45, 7) is 2.32. The molecule has 7 heteroatoms. The highest BCUT2D eigenvalue weighted by atomic mass is 79.9. The summed E-state index contributed by atoms with van der Waals surface area (Å²) in [7, 11) is 3.09. The molecule has 29 heavy (non-hydrogen) atoms. The molecular formula is C22H22BrNO5. The average molecular weight is 460 g/mol. The van der Waals surface area contributed by atoms with E-state index in [0.717, 1.165) is 15.6 Å². The number of hydrogen-bond donors (Lipinski definition) is 1. The van der Waals surface area contributed by atoms with E-state index >= 15 is 0 Å². The van der Waals surface area contributed by atoms with Crippen molar-refractivity contribution in [2.24, 2.45) is 0 Å². The van der Waals surface area contributed by atoms with Crippen LogP contribution in [-0.4, -0.2) is 49.1 Å². The fourth-order valence-electron chi connectivity index (χ4n) is 3.50. The van der Waals surface area contributed by atoms with Crippen LogP contribution in [-0.2, 0) is 14.3 Å². The van der Waals surface area contributed by atoms with Gasteiger partial charge in [0.25, 0.3) is 11.7 Å². The van der Waals surface area contributed by atoms with Gasteiger partial charge in [0.2, 0.25) is 0 Å². The van der Waals surface area contributed by atoms with Crippen molar-refractivity contribution in [3.05, 3.63) is 69.2 Å². The molecule has 1 amide bonds. The van der Waals surface area contributed by atoms with Crippen molar-refractivity contribution in [3.63, 3.8) is 0 Å². The number of benzene rings is 2. The van der Waals surface area contributed by atoms with E-state index in [0.29, 0.717) is 11.3 Å². The summed E-state index contributed by atoms with van der Waals surface area (Å²) in [5, 5.41) is 11.1. The van der Waals surface area contributed by atoms with Crippen molar-refractivity contribution in [2.45, 2.75) is 13.0 Å². The van der Waals surface area contributed by atoms with Crippen molar-refractivity contribution in [3.8, 4) is 5.75 Å². The molecule has 2 aromatic carbocycles. The quantitative estimate of drug-likeness (QED) is 0.403. The minimum atomic E-state index is -0.709. The van der Waals surface area contributed by atoms with E-state index in [-0.39, 0.29) is 24.5 Å². The van der Waals surface area contributed by atoms with Gasteiger partial charge in [-0.2, -0.15) is 0 Å². The summed E-state index contributed by atoms with van der Waals surface area (Å²) < 4.78 is 11.1. The minimum Gasteiger partial charge on any atom is -0.507 e. The van der Waals surface area contributed by atoms with Gasteiger partial charge in [0.15, 0.2) is 0 Å². The summed E-state index contributed by atoms with van der Waals surface area (Å²) in [5.41, 5.74) is 2.01. The molecule has 152 valence electrons. The Kier molecular flexibility index (Phi) is 6.39. The first-order valence-electron chi connectivity index (χ1n) is 9.06. The zero-order valence-electron chi connectivity index (χ0n) is 16.4. The van der Waals surface area contributed by atoms with Crippen LogP contribution in [0.2, 0.25) is 0 Å². The van der Waals surface area contributed by atoms with Gasteiger partial charge in [0.1, 0.15) is 11.5 Å². The first kappa shape index (κ1) is 21.1. The first-order valence-corrected chi connectivity index (χ1v) is 9.86. The topological polar surface area (TPSA) is 76.1 Å². The van der Waals surface area contributed by atoms with Crippen LogP contribution in [0.1, 0.15) is 22.7 Å². The predicted molar refractivity (Wildman–Crippen MR) is 113 cm³/mol. The van der Waals surface area contributed by atoms with Gasteiger partial charge in [-0.05, 0) is 48.4 Å². The zero-order valence-corrected chi connectivity index (χ0v) is 18.0. The number of nitrogens with zero attached hydrogens (tertiary/aromatic N) is 1. The SMILES string of the molecule is COCCN1C(=O)C(=O)/C(=C(/O)c2ccc(OC)cc2C)[C@@H]1c1cccc(Br)c1. The number of carbonyl (C=O) groups is 2. The maximum absolute atomic E-state index is 12.9. The molecule has 0 bridgehead atoms. The molecule has 3 rings (SSSR count). The molecule has 1 heterocycles. The van der Waals surface area contributed by atoms with Crippen LogP contribution in [0, 0.1) is 6.92 Å². The highest BCUT2D eigenvalue weighted by Crippen LogP contribution is 2.40. The number of aliphatic hydroxyl groups excluding tert-OH is 1. The number of likely N-dealkylation sites (tertiary alicyclic amines) is 1. The van der Waals surface area contributed by atoms with Crippen LogP contribution < -0.4 is 4.74 Å². The van der Waals surface area contributed by atoms with Crippen molar-refractivity contribution < 1.29 is 24.2 Å². The van der Waals surface area contributed by atoms with Crippen LogP contribution >= 0.6 is 15.9 Å². The van der Waals surface area contributed by atoms with Gasteiger partial charge in [-0.3, -0.25) is 9.59 Å². The van der Waals surface area contributed by atoms with Crippen molar-refractivity contribution in [2.75, 3.05) is 27.4 Å². The lowest BCUT2D eigenvalue weighted by Gasteiger charge is -2.25. The molecule has 1 atom stereocenters. The Morgan fingerprint density at radius 3 is 2.55 bits per heavy atom. The van der Waals surface area contributed by atoms with Gasteiger partial charge in [-0.25, -0.2) is 0 Å². The Hall–Kier alpha value is -2.64. The van der Waals surface area contributed by atoms with E-state index in [1.807, 2.05) is 31.2 Å². The Morgan fingerprint density at radius 2 is 1.93 bits per heavy atom. The monoisotopic (exact) mass is 459 g/mol. The average Bonchev–Trinajstić information content (AvgIpc) is 2.96. The lowest BCUT2D eigenvalue weighted by molar-refractivity contribution is -0.140. The molecule has 6 nitrogen and oxygen atoms in total. The van der Waals surface area contributed by atoms with E-state index in [1.54, 1.807) is 25.3 Å². The third-order valence-corrected chi connectivity index (χ3v) is 5.42. The molecule has 1 N–H and O–H groups in total. The molecule has 0 spiro atoms. The van der Waals surface area contributed by atoms with Crippen LogP contribution in [0.15, 0.2) is 52.5 Å².